The fourth-order valence-corrected chi connectivity index (χ4v) is 1.65. The fraction of sp³-hybridized carbons (Fsp3) is 0.167. The number of carboxylic acid groups (broad SMARTS) is 1. The minimum absolute atomic E-state index is 0.234. The molecule has 1 aromatic heterocycles. The Morgan fingerprint density at radius 2 is 2.18 bits per heavy atom. The molecule has 0 aliphatic carbocycles. The number of rotatable bonds is 3. The molecule has 1 heterocycles. The summed E-state index contributed by atoms with van der Waals surface area (Å²) in [6.45, 7) is 0. The summed E-state index contributed by atoms with van der Waals surface area (Å²) < 4.78 is 5.07. The van der Waals surface area contributed by atoms with E-state index >= 15 is 0 Å². The maximum Gasteiger partial charge on any atom is 0.308 e. The van der Waals surface area contributed by atoms with E-state index in [2.05, 4.69) is 4.98 Å². The third-order valence-electron chi connectivity index (χ3n) is 2.47. The Bertz CT molecular complexity index is 630. The molecule has 0 saturated carbocycles. The number of carbonyl (C=O) groups is 1. The highest BCUT2D eigenvalue weighted by atomic mass is 16.5. The molecule has 0 radical (unpaired) electrons. The molecule has 0 spiro atoms. The molecule has 0 fully saturated rings. The minimum Gasteiger partial charge on any atom is -0.497 e. The molecule has 2 N–H and O–H groups in total. The maximum atomic E-state index is 11.6. The van der Waals surface area contributed by atoms with Crippen LogP contribution in [0.2, 0.25) is 0 Å². The van der Waals surface area contributed by atoms with Crippen molar-refractivity contribution in [1.82, 2.24) is 4.98 Å². The molecule has 0 aliphatic rings. The molecule has 5 nitrogen and oxygen atoms in total. The number of methoxy groups -OCH3 is 1. The zero-order chi connectivity index (χ0) is 12.4. The summed E-state index contributed by atoms with van der Waals surface area (Å²) in [5.41, 5.74) is 0.522. The number of carboxylic acids is 1. The second-order valence-corrected chi connectivity index (χ2v) is 3.65. The third kappa shape index (κ3) is 2.28. The summed E-state index contributed by atoms with van der Waals surface area (Å²) in [7, 11) is 1.55. The summed E-state index contributed by atoms with van der Waals surface area (Å²) in [4.78, 5) is 24.8. The van der Waals surface area contributed by atoms with Gasteiger partial charge < -0.3 is 14.8 Å². The number of ether oxygens (including phenoxy) is 1. The van der Waals surface area contributed by atoms with Gasteiger partial charge in [-0.15, -0.1) is 0 Å². The van der Waals surface area contributed by atoms with Crippen LogP contribution in [0, 0.1) is 0 Å². The van der Waals surface area contributed by atoms with Crippen LogP contribution in [0.3, 0.4) is 0 Å². The van der Waals surface area contributed by atoms with Crippen LogP contribution in [-0.2, 0) is 11.2 Å². The van der Waals surface area contributed by atoms with Gasteiger partial charge in [0.15, 0.2) is 0 Å². The summed E-state index contributed by atoms with van der Waals surface area (Å²) in [5.74, 6) is -0.372. The van der Waals surface area contributed by atoms with Crippen molar-refractivity contribution in [3.05, 3.63) is 40.2 Å². The second kappa shape index (κ2) is 4.29. The Labute approximate surface area is 96.7 Å². The zero-order valence-corrected chi connectivity index (χ0v) is 9.19. The average molecular weight is 233 g/mol. The van der Waals surface area contributed by atoms with Crippen LogP contribution in [-0.4, -0.2) is 23.2 Å². The molecular formula is C12H11NO4. The van der Waals surface area contributed by atoms with Crippen molar-refractivity contribution in [2.75, 3.05) is 7.11 Å². The van der Waals surface area contributed by atoms with E-state index in [-0.39, 0.29) is 17.5 Å². The highest BCUT2D eigenvalue weighted by Gasteiger charge is 2.07. The predicted molar refractivity (Wildman–Crippen MR) is 62.5 cm³/mol. The van der Waals surface area contributed by atoms with Crippen molar-refractivity contribution in [3.63, 3.8) is 0 Å². The number of pyridine rings is 1. The Balaban J connectivity index is 2.60. The van der Waals surface area contributed by atoms with Gasteiger partial charge in [-0.05, 0) is 24.3 Å². The summed E-state index contributed by atoms with van der Waals surface area (Å²) >= 11 is 0. The van der Waals surface area contributed by atoms with Crippen LogP contribution < -0.4 is 10.3 Å². The van der Waals surface area contributed by atoms with E-state index in [9.17, 15) is 9.59 Å². The van der Waals surface area contributed by atoms with Crippen molar-refractivity contribution in [1.29, 1.82) is 0 Å². The standard InChI is InChI=1S/C12H11NO4/c1-17-9-2-3-10-7(5-9)4-8(6-11(14)15)12(16)13-10/h2-5H,6H2,1H3,(H,13,16)(H,14,15). The van der Waals surface area contributed by atoms with Crippen LogP contribution >= 0.6 is 0 Å². The Hall–Kier alpha value is -2.30. The van der Waals surface area contributed by atoms with E-state index in [1.165, 1.54) is 0 Å². The Morgan fingerprint density at radius 3 is 2.82 bits per heavy atom. The molecule has 17 heavy (non-hydrogen) atoms. The first-order valence-corrected chi connectivity index (χ1v) is 5.02. The van der Waals surface area contributed by atoms with Gasteiger partial charge >= 0.3 is 5.97 Å². The molecule has 0 bridgehead atoms. The minimum atomic E-state index is -1.03. The number of aliphatic carboxylic acids is 1. The lowest BCUT2D eigenvalue weighted by atomic mass is 10.1. The van der Waals surface area contributed by atoms with Gasteiger partial charge in [0.25, 0.3) is 5.56 Å². The number of benzene rings is 1. The van der Waals surface area contributed by atoms with Crippen molar-refractivity contribution < 1.29 is 14.6 Å². The van der Waals surface area contributed by atoms with Gasteiger partial charge in [0.2, 0.25) is 0 Å². The fourth-order valence-electron chi connectivity index (χ4n) is 1.65. The molecule has 0 aliphatic heterocycles. The van der Waals surface area contributed by atoms with Crippen LogP contribution in [0.15, 0.2) is 29.1 Å². The maximum absolute atomic E-state index is 11.6. The number of nitrogens with one attached hydrogen (secondary N) is 1. The highest BCUT2D eigenvalue weighted by Crippen LogP contribution is 2.18. The SMILES string of the molecule is COc1ccc2[nH]c(=O)c(CC(=O)O)cc2c1. The van der Waals surface area contributed by atoms with Crippen molar-refractivity contribution >= 4 is 16.9 Å². The monoisotopic (exact) mass is 233 g/mol. The largest absolute Gasteiger partial charge is 0.497 e. The molecule has 0 unspecified atom stereocenters. The topological polar surface area (TPSA) is 79.4 Å². The molecule has 0 amide bonds. The summed E-state index contributed by atoms with van der Waals surface area (Å²) in [5, 5.41) is 9.44. The van der Waals surface area contributed by atoms with Gasteiger partial charge in [-0.3, -0.25) is 9.59 Å². The van der Waals surface area contributed by atoms with Gasteiger partial charge in [-0.25, -0.2) is 0 Å². The van der Waals surface area contributed by atoms with Gasteiger partial charge in [0, 0.05) is 16.5 Å². The van der Waals surface area contributed by atoms with Crippen molar-refractivity contribution in [2.45, 2.75) is 6.42 Å². The smallest absolute Gasteiger partial charge is 0.308 e. The molecule has 0 atom stereocenters. The van der Waals surface area contributed by atoms with Crippen LogP contribution in [0.25, 0.3) is 10.9 Å². The van der Waals surface area contributed by atoms with E-state index in [1.807, 2.05) is 0 Å². The van der Waals surface area contributed by atoms with E-state index in [0.29, 0.717) is 11.3 Å². The van der Waals surface area contributed by atoms with Gasteiger partial charge in [0.1, 0.15) is 5.75 Å². The number of H-pyrrole nitrogens is 1. The molecule has 5 heteroatoms. The van der Waals surface area contributed by atoms with Crippen molar-refractivity contribution in [3.8, 4) is 5.75 Å². The molecule has 0 saturated heterocycles. The van der Waals surface area contributed by atoms with Gasteiger partial charge in [-0.2, -0.15) is 0 Å². The first-order valence-electron chi connectivity index (χ1n) is 5.02. The highest BCUT2D eigenvalue weighted by molar-refractivity contribution is 5.81. The Kier molecular flexibility index (Phi) is 2.82. The lowest BCUT2D eigenvalue weighted by Crippen LogP contribution is -2.15. The van der Waals surface area contributed by atoms with Crippen LogP contribution in [0.1, 0.15) is 5.56 Å². The number of aromatic nitrogens is 1. The second-order valence-electron chi connectivity index (χ2n) is 3.65. The first-order chi connectivity index (χ1) is 8.10. The zero-order valence-electron chi connectivity index (χ0n) is 9.19. The van der Waals surface area contributed by atoms with E-state index < -0.39 is 5.97 Å². The Morgan fingerprint density at radius 1 is 1.41 bits per heavy atom. The third-order valence-corrected chi connectivity index (χ3v) is 2.47. The molecule has 88 valence electrons. The van der Waals surface area contributed by atoms with Crippen LogP contribution in [0.4, 0.5) is 0 Å². The lowest BCUT2D eigenvalue weighted by molar-refractivity contribution is -0.136. The van der Waals surface area contributed by atoms with E-state index in [0.717, 1.165) is 5.39 Å². The first kappa shape index (κ1) is 11.2. The quantitative estimate of drug-likeness (QED) is 0.833. The average Bonchev–Trinajstić information content (AvgIpc) is 2.29. The molecular weight excluding hydrogens is 222 g/mol. The number of fused-ring (bicyclic) bond motifs is 1. The summed E-state index contributed by atoms with van der Waals surface area (Å²) in [6, 6.07) is 6.77. The van der Waals surface area contributed by atoms with E-state index in [1.54, 1.807) is 31.4 Å². The lowest BCUT2D eigenvalue weighted by Gasteiger charge is -2.04. The number of aromatic amines is 1. The summed E-state index contributed by atoms with van der Waals surface area (Å²) in [6.07, 6.45) is -0.289. The normalized spacial score (nSPS) is 10.4. The van der Waals surface area contributed by atoms with Gasteiger partial charge in [0.05, 0.1) is 13.5 Å². The van der Waals surface area contributed by atoms with Crippen LogP contribution in [0.5, 0.6) is 5.75 Å². The number of hydrogen-bond donors (Lipinski definition) is 2. The van der Waals surface area contributed by atoms with Gasteiger partial charge in [-0.1, -0.05) is 0 Å². The molecule has 1 aromatic carbocycles. The molecule has 2 rings (SSSR count). The van der Waals surface area contributed by atoms with Crippen molar-refractivity contribution in [2.24, 2.45) is 0 Å². The molecule has 2 aromatic rings. The predicted octanol–water partition coefficient (Wildman–Crippen LogP) is 1.16. The van der Waals surface area contributed by atoms with E-state index in [4.69, 9.17) is 9.84 Å². The number of hydrogen-bond acceptors (Lipinski definition) is 3.